The fraction of sp³-hybridized carbons (Fsp3) is 0.429. The zero-order valence-corrected chi connectivity index (χ0v) is 17.5. The van der Waals surface area contributed by atoms with E-state index in [2.05, 4.69) is 55.9 Å². The third kappa shape index (κ3) is 4.37. The van der Waals surface area contributed by atoms with Crippen LogP contribution in [0.2, 0.25) is 0 Å². The van der Waals surface area contributed by atoms with Crippen molar-refractivity contribution in [2.75, 3.05) is 30.8 Å². The van der Waals surface area contributed by atoms with Crippen molar-refractivity contribution in [1.29, 1.82) is 0 Å². The van der Waals surface area contributed by atoms with E-state index in [-0.39, 0.29) is 11.8 Å². The first-order chi connectivity index (χ1) is 14.2. The average molecular weight is 412 g/mol. The van der Waals surface area contributed by atoms with Crippen LogP contribution in [-0.4, -0.2) is 46.9 Å². The van der Waals surface area contributed by atoms with Crippen LogP contribution in [-0.2, 0) is 11.2 Å². The van der Waals surface area contributed by atoms with Gasteiger partial charge in [-0.25, -0.2) is 4.98 Å². The maximum atomic E-state index is 12.7. The lowest BCUT2D eigenvalue weighted by atomic mass is 9.96. The van der Waals surface area contributed by atoms with Crippen LogP contribution in [0.3, 0.4) is 0 Å². The van der Waals surface area contributed by atoms with Crippen molar-refractivity contribution in [1.82, 2.24) is 20.4 Å². The molecule has 1 fully saturated rings. The number of piperidine rings is 1. The van der Waals surface area contributed by atoms with E-state index in [1.54, 1.807) is 11.8 Å². The Kier molecular flexibility index (Phi) is 5.99. The summed E-state index contributed by atoms with van der Waals surface area (Å²) in [4.78, 5) is 24.7. The summed E-state index contributed by atoms with van der Waals surface area (Å²) < 4.78 is 5.26. The van der Waals surface area contributed by atoms with Crippen LogP contribution >= 0.6 is 11.8 Å². The van der Waals surface area contributed by atoms with Crippen molar-refractivity contribution in [3.63, 3.8) is 0 Å². The van der Waals surface area contributed by atoms with Gasteiger partial charge in [-0.05, 0) is 50.1 Å². The third-order valence-electron chi connectivity index (χ3n) is 5.39. The van der Waals surface area contributed by atoms with Gasteiger partial charge in [0.2, 0.25) is 5.91 Å². The molecule has 3 aromatic rings. The first kappa shape index (κ1) is 19.7. The van der Waals surface area contributed by atoms with Crippen LogP contribution in [0.25, 0.3) is 11.1 Å². The van der Waals surface area contributed by atoms with Crippen molar-refractivity contribution in [3.8, 4) is 0 Å². The van der Waals surface area contributed by atoms with E-state index in [1.165, 1.54) is 16.8 Å². The fourth-order valence-electron chi connectivity index (χ4n) is 3.79. The first-order valence-corrected chi connectivity index (χ1v) is 11.1. The molecule has 0 aliphatic carbocycles. The number of hydrogen-bond acceptors (Lipinski definition) is 7. The van der Waals surface area contributed by atoms with Crippen molar-refractivity contribution in [3.05, 3.63) is 41.9 Å². The molecular formula is C21H25N5O2S. The second kappa shape index (κ2) is 8.82. The van der Waals surface area contributed by atoms with Gasteiger partial charge in [0.25, 0.3) is 5.71 Å². The molecule has 1 aromatic carbocycles. The first-order valence-electron chi connectivity index (χ1n) is 9.88. The van der Waals surface area contributed by atoms with Crippen LogP contribution < -0.4 is 10.2 Å². The Morgan fingerprint density at radius 2 is 2.14 bits per heavy atom. The largest absolute Gasteiger partial charge is 0.355 e. The van der Waals surface area contributed by atoms with Gasteiger partial charge in [0.1, 0.15) is 17.5 Å². The minimum absolute atomic E-state index is 0.0483. The summed E-state index contributed by atoms with van der Waals surface area (Å²) in [7, 11) is 0. The molecule has 2 aromatic heterocycles. The highest BCUT2D eigenvalue weighted by Crippen LogP contribution is 2.29. The van der Waals surface area contributed by atoms with Gasteiger partial charge in [0.05, 0.1) is 11.6 Å². The number of fused-ring (bicyclic) bond motifs is 1. The molecule has 1 aliphatic rings. The topological polar surface area (TPSA) is 84.2 Å². The van der Waals surface area contributed by atoms with E-state index in [0.717, 1.165) is 42.7 Å². The molecule has 1 N–H and O–H groups in total. The van der Waals surface area contributed by atoms with Crippen LogP contribution in [0.1, 0.15) is 24.1 Å². The molecule has 0 bridgehead atoms. The molecule has 0 radical (unpaired) electrons. The molecule has 8 heteroatoms. The van der Waals surface area contributed by atoms with E-state index >= 15 is 0 Å². The molecule has 1 aliphatic heterocycles. The lowest BCUT2D eigenvalue weighted by Gasteiger charge is -2.33. The highest BCUT2D eigenvalue weighted by atomic mass is 32.2. The van der Waals surface area contributed by atoms with Gasteiger partial charge in [-0.2, -0.15) is 4.98 Å². The molecule has 0 spiro atoms. The Hall–Kier alpha value is -2.61. The lowest BCUT2D eigenvalue weighted by Crippen LogP contribution is -2.43. The Morgan fingerprint density at radius 3 is 2.93 bits per heavy atom. The van der Waals surface area contributed by atoms with Crippen molar-refractivity contribution < 1.29 is 9.32 Å². The minimum atomic E-state index is -0.0483. The Balaban J connectivity index is 1.36. The molecule has 4 rings (SSSR count). The summed E-state index contributed by atoms with van der Waals surface area (Å²) in [5, 5.41) is 7.95. The number of benzene rings is 1. The standard InChI is InChI=1S/C21H25N5O2S/c1-14-18-19(23-13-24-21(18)28-25-14)26-11-3-4-16(12-26)20(27)22-10-9-15-5-7-17(29-2)8-6-15/h5-8,13,16H,3-4,9-12H2,1-2H3,(H,22,27)/t16-/m0/s1. The number of nitrogens with one attached hydrogen (secondary N) is 1. The van der Waals surface area contributed by atoms with Crippen molar-refractivity contribution in [2.45, 2.75) is 31.1 Å². The summed E-state index contributed by atoms with van der Waals surface area (Å²) in [6.45, 7) is 4.04. The zero-order chi connectivity index (χ0) is 20.2. The molecule has 1 atom stereocenters. The predicted molar refractivity (Wildman–Crippen MR) is 114 cm³/mol. The van der Waals surface area contributed by atoms with Crippen LogP contribution in [0.4, 0.5) is 5.82 Å². The summed E-state index contributed by atoms with van der Waals surface area (Å²) in [5.41, 5.74) is 2.50. The van der Waals surface area contributed by atoms with E-state index in [9.17, 15) is 4.79 Å². The Bertz CT molecular complexity index is 988. The molecule has 3 heterocycles. The number of hydrogen-bond donors (Lipinski definition) is 1. The smallest absolute Gasteiger partial charge is 0.263 e. The molecule has 0 saturated carbocycles. The Morgan fingerprint density at radius 1 is 1.31 bits per heavy atom. The molecular weight excluding hydrogens is 386 g/mol. The molecule has 1 amide bonds. The number of thioether (sulfide) groups is 1. The number of amides is 1. The van der Waals surface area contributed by atoms with Gasteiger partial charge in [-0.15, -0.1) is 11.8 Å². The minimum Gasteiger partial charge on any atom is -0.355 e. The van der Waals surface area contributed by atoms with Crippen LogP contribution in [0.15, 0.2) is 40.0 Å². The number of nitrogens with zero attached hydrogens (tertiary/aromatic N) is 4. The maximum absolute atomic E-state index is 12.7. The van der Waals surface area contributed by atoms with Crippen molar-refractivity contribution in [2.24, 2.45) is 5.92 Å². The monoisotopic (exact) mass is 411 g/mol. The highest BCUT2D eigenvalue weighted by Gasteiger charge is 2.28. The molecule has 0 unspecified atom stereocenters. The summed E-state index contributed by atoms with van der Waals surface area (Å²) in [6.07, 6.45) is 6.24. The fourth-order valence-corrected chi connectivity index (χ4v) is 4.20. The van der Waals surface area contributed by atoms with E-state index < -0.39 is 0 Å². The number of aromatic nitrogens is 3. The second-order valence-electron chi connectivity index (χ2n) is 7.32. The second-order valence-corrected chi connectivity index (χ2v) is 8.20. The summed E-state index contributed by atoms with van der Waals surface area (Å²) in [5.74, 6) is 0.871. The Labute approximate surface area is 174 Å². The normalized spacial score (nSPS) is 16.9. The van der Waals surface area contributed by atoms with Gasteiger partial charge in [0, 0.05) is 24.5 Å². The average Bonchev–Trinajstić information content (AvgIpc) is 3.15. The summed E-state index contributed by atoms with van der Waals surface area (Å²) in [6, 6.07) is 8.50. The number of anilines is 1. The molecule has 29 heavy (non-hydrogen) atoms. The highest BCUT2D eigenvalue weighted by molar-refractivity contribution is 7.98. The zero-order valence-electron chi connectivity index (χ0n) is 16.7. The van der Waals surface area contributed by atoms with Crippen molar-refractivity contribution >= 4 is 34.6 Å². The van der Waals surface area contributed by atoms with Gasteiger partial charge < -0.3 is 14.7 Å². The molecule has 152 valence electrons. The third-order valence-corrected chi connectivity index (χ3v) is 6.13. The quantitative estimate of drug-likeness (QED) is 0.624. The maximum Gasteiger partial charge on any atom is 0.263 e. The van der Waals surface area contributed by atoms with Crippen LogP contribution in [0.5, 0.6) is 0 Å². The number of carbonyl (C=O) groups is 1. The van der Waals surface area contributed by atoms with Gasteiger partial charge in [-0.3, -0.25) is 4.79 Å². The van der Waals surface area contributed by atoms with Crippen LogP contribution in [0, 0.1) is 12.8 Å². The number of carbonyl (C=O) groups excluding carboxylic acids is 1. The van der Waals surface area contributed by atoms with E-state index in [4.69, 9.17) is 4.52 Å². The SMILES string of the molecule is CSc1ccc(CCNC(=O)[C@H]2CCCN(c3ncnc4onc(C)c34)C2)cc1. The predicted octanol–water partition coefficient (Wildman–Crippen LogP) is 3.22. The van der Waals surface area contributed by atoms with Gasteiger partial charge in [-0.1, -0.05) is 17.3 Å². The number of rotatable bonds is 6. The molecule has 7 nitrogen and oxygen atoms in total. The van der Waals surface area contributed by atoms with E-state index in [0.29, 0.717) is 18.8 Å². The van der Waals surface area contributed by atoms with Gasteiger partial charge in [0.15, 0.2) is 0 Å². The van der Waals surface area contributed by atoms with Gasteiger partial charge >= 0.3 is 0 Å². The molecule has 1 saturated heterocycles. The summed E-state index contributed by atoms with van der Waals surface area (Å²) >= 11 is 1.73. The van der Waals surface area contributed by atoms with E-state index in [1.807, 2.05) is 6.92 Å². The lowest BCUT2D eigenvalue weighted by molar-refractivity contribution is -0.125. The number of aryl methyl sites for hydroxylation is 1.